The molecular weight excluding hydrogens is 248 g/mol. The second-order valence-corrected chi connectivity index (χ2v) is 6.18. The number of rotatable bonds is 4. The third-order valence-corrected chi connectivity index (χ3v) is 3.36. The average Bonchev–Trinajstić information content (AvgIpc) is 2.66. The molecule has 0 amide bonds. The van der Waals surface area contributed by atoms with Gasteiger partial charge in [0, 0.05) is 0 Å². The van der Waals surface area contributed by atoms with Gasteiger partial charge in [-0.2, -0.15) is 5.10 Å². The molecular formula is C17H24N2O. The van der Waals surface area contributed by atoms with Crippen molar-refractivity contribution in [1.29, 1.82) is 0 Å². The van der Waals surface area contributed by atoms with Crippen LogP contribution in [0.1, 0.15) is 50.6 Å². The molecule has 0 spiro atoms. The molecule has 0 aliphatic rings. The Hall–Kier alpha value is -1.77. The Bertz CT molecular complexity index is 597. The zero-order chi connectivity index (χ0) is 14.9. The highest BCUT2D eigenvalue weighted by Gasteiger charge is 2.21. The third-order valence-electron chi connectivity index (χ3n) is 3.36. The zero-order valence-corrected chi connectivity index (χ0v) is 13.0. The summed E-state index contributed by atoms with van der Waals surface area (Å²) in [7, 11) is 0. The van der Waals surface area contributed by atoms with Crippen molar-refractivity contribution in [1.82, 2.24) is 9.78 Å². The number of nitrogens with zero attached hydrogens (tertiary/aromatic N) is 2. The van der Waals surface area contributed by atoms with Crippen LogP contribution < -0.4 is 0 Å². The molecule has 0 unspecified atom stereocenters. The van der Waals surface area contributed by atoms with Gasteiger partial charge in [-0.3, -0.25) is 0 Å². The van der Waals surface area contributed by atoms with E-state index in [4.69, 9.17) is 0 Å². The Morgan fingerprint density at radius 3 is 2.45 bits per heavy atom. The largest absolute Gasteiger partial charge is 0.504 e. The number of benzene rings is 1. The van der Waals surface area contributed by atoms with Gasteiger partial charge < -0.3 is 5.11 Å². The Morgan fingerprint density at radius 1 is 1.20 bits per heavy atom. The predicted octanol–water partition coefficient (Wildman–Crippen LogP) is 4.21. The van der Waals surface area contributed by atoms with Gasteiger partial charge in [0.2, 0.25) is 0 Å². The molecule has 20 heavy (non-hydrogen) atoms. The Balaban J connectivity index is 2.57. The van der Waals surface area contributed by atoms with Crippen LogP contribution in [0.4, 0.5) is 0 Å². The van der Waals surface area contributed by atoms with Gasteiger partial charge in [-0.25, -0.2) is 4.68 Å². The molecule has 2 aromatic rings. The van der Waals surface area contributed by atoms with Gasteiger partial charge in [0.15, 0.2) is 5.75 Å². The topological polar surface area (TPSA) is 38.0 Å². The molecule has 1 aromatic heterocycles. The van der Waals surface area contributed by atoms with Crippen LogP contribution in [0.25, 0.3) is 5.69 Å². The second kappa shape index (κ2) is 5.70. The van der Waals surface area contributed by atoms with Crippen molar-refractivity contribution >= 4 is 0 Å². The van der Waals surface area contributed by atoms with Gasteiger partial charge in [-0.05, 0) is 42.9 Å². The molecule has 0 aliphatic carbocycles. The highest BCUT2D eigenvalue weighted by atomic mass is 16.3. The van der Waals surface area contributed by atoms with E-state index in [1.165, 1.54) is 5.56 Å². The first-order chi connectivity index (χ1) is 9.40. The van der Waals surface area contributed by atoms with E-state index in [9.17, 15) is 5.11 Å². The van der Waals surface area contributed by atoms with E-state index in [-0.39, 0.29) is 5.92 Å². The summed E-state index contributed by atoms with van der Waals surface area (Å²) in [6.07, 6.45) is 0.796. The van der Waals surface area contributed by atoms with Crippen LogP contribution in [0.3, 0.4) is 0 Å². The summed E-state index contributed by atoms with van der Waals surface area (Å²) in [5.74, 6) is 1.06. The predicted molar refractivity (Wildman–Crippen MR) is 82.6 cm³/mol. The maximum absolute atomic E-state index is 10.5. The molecule has 3 heteroatoms. The Labute approximate surface area is 121 Å². The smallest absolute Gasteiger partial charge is 0.160 e. The summed E-state index contributed by atoms with van der Waals surface area (Å²) < 4.78 is 1.89. The van der Waals surface area contributed by atoms with Crippen LogP contribution in [0.15, 0.2) is 24.3 Å². The van der Waals surface area contributed by atoms with Gasteiger partial charge in [-0.1, -0.05) is 39.8 Å². The summed E-state index contributed by atoms with van der Waals surface area (Å²) in [4.78, 5) is 0. The van der Waals surface area contributed by atoms with Crippen LogP contribution in [0, 0.1) is 12.8 Å². The Morgan fingerprint density at radius 2 is 1.90 bits per heavy atom. The first kappa shape index (κ1) is 14.6. The van der Waals surface area contributed by atoms with E-state index >= 15 is 0 Å². The minimum Gasteiger partial charge on any atom is -0.504 e. The van der Waals surface area contributed by atoms with Gasteiger partial charge >= 0.3 is 0 Å². The summed E-state index contributed by atoms with van der Waals surface area (Å²) in [5.41, 5.74) is 3.90. The maximum atomic E-state index is 10.5. The molecule has 0 atom stereocenters. The lowest BCUT2D eigenvalue weighted by Gasteiger charge is -2.10. The molecule has 108 valence electrons. The number of aromatic nitrogens is 2. The number of hydrogen-bond donors (Lipinski definition) is 1. The van der Waals surface area contributed by atoms with Crippen molar-refractivity contribution in [2.45, 2.75) is 47.0 Å². The lowest BCUT2D eigenvalue weighted by molar-refractivity contribution is 0.452. The highest BCUT2D eigenvalue weighted by molar-refractivity contribution is 5.43. The van der Waals surface area contributed by atoms with Gasteiger partial charge in [-0.15, -0.1) is 0 Å². The number of aryl methyl sites for hydroxylation is 1. The normalized spacial score (nSPS) is 11.6. The van der Waals surface area contributed by atoms with Crippen molar-refractivity contribution in [3.8, 4) is 11.4 Å². The number of aromatic hydroxyl groups is 1. The van der Waals surface area contributed by atoms with Crippen LogP contribution in [0.2, 0.25) is 0 Å². The molecule has 3 nitrogen and oxygen atoms in total. The number of hydrogen-bond acceptors (Lipinski definition) is 2. The molecule has 0 aliphatic heterocycles. The fourth-order valence-corrected chi connectivity index (χ4v) is 2.47. The van der Waals surface area contributed by atoms with Crippen molar-refractivity contribution in [3.63, 3.8) is 0 Å². The van der Waals surface area contributed by atoms with Crippen LogP contribution >= 0.6 is 0 Å². The van der Waals surface area contributed by atoms with Gasteiger partial charge in [0.25, 0.3) is 0 Å². The molecule has 1 aromatic carbocycles. The lowest BCUT2D eigenvalue weighted by Crippen LogP contribution is -2.04. The third kappa shape index (κ3) is 2.87. The molecule has 0 saturated heterocycles. The Kier molecular flexibility index (Phi) is 4.17. The fourth-order valence-electron chi connectivity index (χ4n) is 2.47. The first-order valence-corrected chi connectivity index (χ1v) is 7.28. The standard InChI is InChI=1S/C17H24N2O/c1-11(2)9-15-17(20)16(12(3)4)19(18-15)14-8-6-7-13(5)10-14/h6-8,10-12,20H,9H2,1-5H3. The van der Waals surface area contributed by atoms with E-state index in [2.05, 4.69) is 51.9 Å². The van der Waals surface area contributed by atoms with Gasteiger partial charge in [0.05, 0.1) is 11.4 Å². The van der Waals surface area contributed by atoms with Crippen LogP contribution in [0.5, 0.6) is 5.75 Å². The quantitative estimate of drug-likeness (QED) is 0.905. The molecule has 0 radical (unpaired) electrons. The second-order valence-electron chi connectivity index (χ2n) is 6.18. The van der Waals surface area contributed by atoms with E-state index in [0.29, 0.717) is 11.7 Å². The van der Waals surface area contributed by atoms with Gasteiger partial charge in [0.1, 0.15) is 5.69 Å². The van der Waals surface area contributed by atoms with Crippen molar-refractivity contribution < 1.29 is 5.11 Å². The maximum Gasteiger partial charge on any atom is 0.160 e. The minimum absolute atomic E-state index is 0.226. The summed E-state index contributed by atoms with van der Waals surface area (Å²) >= 11 is 0. The molecule has 2 rings (SSSR count). The van der Waals surface area contributed by atoms with E-state index in [1.54, 1.807) is 0 Å². The summed E-state index contributed by atoms with van der Waals surface area (Å²) in [6, 6.07) is 8.22. The van der Waals surface area contributed by atoms with E-state index in [0.717, 1.165) is 23.5 Å². The first-order valence-electron chi connectivity index (χ1n) is 7.28. The zero-order valence-electron chi connectivity index (χ0n) is 13.0. The van der Waals surface area contributed by atoms with Crippen molar-refractivity contribution in [2.75, 3.05) is 0 Å². The molecule has 0 bridgehead atoms. The van der Waals surface area contributed by atoms with E-state index < -0.39 is 0 Å². The monoisotopic (exact) mass is 272 g/mol. The van der Waals surface area contributed by atoms with Crippen LogP contribution in [-0.2, 0) is 6.42 Å². The lowest BCUT2D eigenvalue weighted by atomic mass is 10.0. The van der Waals surface area contributed by atoms with E-state index in [1.807, 2.05) is 16.8 Å². The fraction of sp³-hybridized carbons (Fsp3) is 0.471. The van der Waals surface area contributed by atoms with Crippen molar-refractivity contribution in [2.24, 2.45) is 5.92 Å². The van der Waals surface area contributed by atoms with Crippen molar-refractivity contribution in [3.05, 3.63) is 41.2 Å². The van der Waals surface area contributed by atoms with Crippen LogP contribution in [-0.4, -0.2) is 14.9 Å². The summed E-state index contributed by atoms with van der Waals surface area (Å²) in [5, 5.41) is 15.1. The minimum atomic E-state index is 0.226. The molecule has 1 heterocycles. The molecule has 1 N–H and O–H groups in total. The highest BCUT2D eigenvalue weighted by Crippen LogP contribution is 2.32. The molecule has 0 saturated carbocycles. The molecule has 0 fully saturated rings. The SMILES string of the molecule is Cc1cccc(-n2nc(CC(C)C)c(O)c2C(C)C)c1. The summed E-state index contributed by atoms with van der Waals surface area (Å²) in [6.45, 7) is 10.5. The average molecular weight is 272 g/mol.